The lowest BCUT2D eigenvalue weighted by Gasteiger charge is -2.36. The van der Waals surface area contributed by atoms with Gasteiger partial charge in [0.05, 0.1) is 16.3 Å². The van der Waals surface area contributed by atoms with Gasteiger partial charge in [0.2, 0.25) is 0 Å². The molecule has 1 aliphatic rings. The standard InChI is InChI=1S/C19H19ClN2O3/c20-16-8-4-5-9-17(16)21-10-12-22(13-11-21)18(23)14-25-19(24)15-6-2-1-3-7-15/h1-9H,10-14H2. The SMILES string of the molecule is O=C(OCC(=O)N1CCN(c2ccccc2Cl)CC1)c1ccccc1. The smallest absolute Gasteiger partial charge is 0.338 e. The number of halogens is 1. The Kier molecular flexibility index (Phi) is 5.56. The molecule has 6 heteroatoms. The van der Waals surface area contributed by atoms with Crippen molar-refractivity contribution < 1.29 is 14.3 Å². The molecule has 0 spiro atoms. The molecule has 0 saturated carbocycles. The topological polar surface area (TPSA) is 49.9 Å². The molecule has 5 nitrogen and oxygen atoms in total. The molecule has 3 rings (SSSR count). The van der Waals surface area contributed by atoms with Crippen molar-refractivity contribution in [3.8, 4) is 0 Å². The van der Waals surface area contributed by atoms with Crippen molar-refractivity contribution in [3.63, 3.8) is 0 Å². The van der Waals surface area contributed by atoms with Gasteiger partial charge >= 0.3 is 5.97 Å². The van der Waals surface area contributed by atoms with Gasteiger partial charge in [0.15, 0.2) is 6.61 Å². The van der Waals surface area contributed by atoms with Crippen LogP contribution in [0.2, 0.25) is 5.02 Å². The summed E-state index contributed by atoms with van der Waals surface area (Å²) in [5, 5.41) is 0.707. The molecule has 0 unspecified atom stereocenters. The summed E-state index contributed by atoms with van der Waals surface area (Å²) in [5.41, 5.74) is 1.42. The molecule has 0 aromatic heterocycles. The average molecular weight is 359 g/mol. The minimum atomic E-state index is -0.483. The first-order valence-electron chi connectivity index (χ1n) is 8.14. The van der Waals surface area contributed by atoms with Crippen LogP contribution in [0.3, 0.4) is 0 Å². The highest BCUT2D eigenvalue weighted by molar-refractivity contribution is 6.33. The molecule has 1 saturated heterocycles. The van der Waals surface area contributed by atoms with Crippen LogP contribution in [0.15, 0.2) is 54.6 Å². The summed E-state index contributed by atoms with van der Waals surface area (Å²) in [6.07, 6.45) is 0. The van der Waals surface area contributed by atoms with Crippen molar-refractivity contribution >= 4 is 29.2 Å². The molecule has 0 aliphatic carbocycles. The first-order valence-corrected chi connectivity index (χ1v) is 8.52. The average Bonchev–Trinajstić information content (AvgIpc) is 2.67. The van der Waals surface area contributed by atoms with E-state index >= 15 is 0 Å². The maximum atomic E-state index is 12.2. The van der Waals surface area contributed by atoms with Crippen molar-refractivity contribution in [1.82, 2.24) is 4.90 Å². The van der Waals surface area contributed by atoms with E-state index in [1.165, 1.54) is 0 Å². The Hall–Kier alpha value is -2.53. The zero-order valence-corrected chi connectivity index (χ0v) is 14.5. The van der Waals surface area contributed by atoms with E-state index in [0.717, 1.165) is 5.69 Å². The van der Waals surface area contributed by atoms with Gasteiger partial charge in [-0.1, -0.05) is 41.9 Å². The van der Waals surface area contributed by atoms with Crippen LogP contribution in [0.5, 0.6) is 0 Å². The molecule has 0 atom stereocenters. The Morgan fingerprint density at radius 1 is 0.920 bits per heavy atom. The Labute approximate surface area is 151 Å². The minimum Gasteiger partial charge on any atom is -0.452 e. The Balaban J connectivity index is 1.49. The van der Waals surface area contributed by atoms with Crippen LogP contribution in [0, 0.1) is 0 Å². The maximum Gasteiger partial charge on any atom is 0.338 e. The van der Waals surface area contributed by atoms with Crippen LogP contribution in [-0.4, -0.2) is 49.6 Å². The lowest BCUT2D eigenvalue weighted by atomic mass is 10.2. The lowest BCUT2D eigenvalue weighted by molar-refractivity contribution is -0.134. The number of piperazine rings is 1. The maximum absolute atomic E-state index is 12.2. The van der Waals surface area contributed by atoms with Gasteiger partial charge in [-0.05, 0) is 24.3 Å². The van der Waals surface area contributed by atoms with E-state index in [2.05, 4.69) is 4.90 Å². The number of carbonyl (C=O) groups is 2. The molecule has 1 heterocycles. The highest BCUT2D eigenvalue weighted by Gasteiger charge is 2.23. The van der Waals surface area contributed by atoms with Crippen molar-refractivity contribution in [2.24, 2.45) is 0 Å². The summed E-state index contributed by atoms with van der Waals surface area (Å²) in [6.45, 7) is 2.31. The number of rotatable bonds is 4. The number of benzene rings is 2. The molecule has 0 radical (unpaired) electrons. The van der Waals surface area contributed by atoms with E-state index < -0.39 is 5.97 Å². The predicted octanol–water partition coefficient (Wildman–Crippen LogP) is 2.85. The third-order valence-electron chi connectivity index (χ3n) is 4.16. The van der Waals surface area contributed by atoms with E-state index in [4.69, 9.17) is 16.3 Å². The summed E-state index contributed by atoms with van der Waals surface area (Å²) >= 11 is 6.22. The summed E-state index contributed by atoms with van der Waals surface area (Å²) in [7, 11) is 0. The normalized spacial score (nSPS) is 14.3. The number of para-hydroxylation sites is 1. The Morgan fingerprint density at radius 2 is 1.56 bits per heavy atom. The highest BCUT2D eigenvalue weighted by atomic mass is 35.5. The van der Waals surface area contributed by atoms with Crippen LogP contribution in [0.25, 0.3) is 0 Å². The molecule has 2 aromatic rings. The van der Waals surface area contributed by atoms with Crippen LogP contribution < -0.4 is 4.90 Å². The molecular formula is C19H19ClN2O3. The largest absolute Gasteiger partial charge is 0.452 e. The fourth-order valence-corrected chi connectivity index (χ4v) is 3.04. The summed E-state index contributed by atoms with van der Waals surface area (Å²) < 4.78 is 5.11. The van der Waals surface area contributed by atoms with Gasteiger partial charge in [-0.15, -0.1) is 0 Å². The van der Waals surface area contributed by atoms with E-state index in [1.807, 2.05) is 30.3 Å². The minimum absolute atomic E-state index is 0.178. The number of carbonyl (C=O) groups excluding carboxylic acids is 2. The lowest BCUT2D eigenvalue weighted by Crippen LogP contribution is -2.50. The molecule has 1 amide bonds. The van der Waals surface area contributed by atoms with E-state index in [0.29, 0.717) is 36.8 Å². The van der Waals surface area contributed by atoms with Gasteiger partial charge in [0, 0.05) is 26.2 Å². The van der Waals surface area contributed by atoms with Gasteiger partial charge in [-0.2, -0.15) is 0 Å². The van der Waals surface area contributed by atoms with Gasteiger partial charge in [0.25, 0.3) is 5.91 Å². The van der Waals surface area contributed by atoms with Crippen molar-refractivity contribution in [1.29, 1.82) is 0 Å². The summed E-state index contributed by atoms with van der Waals surface area (Å²) in [4.78, 5) is 28.0. The monoisotopic (exact) mass is 358 g/mol. The molecule has 0 bridgehead atoms. The number of anilines is 1. The number of hydrogen-bond acceptors (Lipinski definition) is 4. The fraction of sp³-hybridized carbons (Fsp3) is 0.263. The van der Waals surface area contributed by atoms with Crippen molar-refractivity contribution in [2.45, 2.75) is 0 Å². The van der Waals surface area contributed by atoms with Crippen molar-refractivity contribution in [2.75, 3.05) is 37.7 Å². The second kappa shape index (κ2) is 8.03. The third-order valence-corrected chi connectivity index (χ3v) is 4.48. The van der Waals surface area contributed by atoms with Gasteiger partial charge in [-0.3, -0.25) is 4.79 Å². The zero-order chi connectivity index (χ0) is 17.6. The van der Waals surface area contributed by atoms with Gasteiger partial charge in [-0.25, -0.2) is 4.79 Å². The number of ether oxygens (including phenoxy) is 1. The second-order valence-electron chi connectivity index (χ2n) is 5.76. The first kappa shape index (κ1) is 17.3. The first-order chi connectivity index (χ1) is 12.1. The molecule has 25 heavy (non-hydrogen) atoms. The Morgan fingerprint density at radius 3 is 2.24 bits per heavy atom. The predicted molar refractivity (Wildman–Crippen MR) is 97.0 cm³/mol. The second-order valence-corrected chi connectivity index (χ2v) is 6.17. The van der Waals surface area contributed by atoms with Gasteiger partial charge in [0.1, 0.15) is 0 Å². The Bertz CT molecular complexity index is 743. The number of nitrogens with zero attached hydrogens (tertiary/aromatic N) is 2. The number of amides is 1. The highest BCUT2D eigenvalue weighted by Crippen LogP contribution is 2.26. The molecule has 2 aromatic carbocycles. The third kappa shape index (κ3) is 4.31. The molecular weight excluding hydrogens is 340 g/mol. The van der Waals surface area contributed by atoms with Gasteiger partial charge < -0.3 is 14.5 Å². The van der Waals surface area contributed by atoms with Crippen molar-refractivity contribution in [3.05, 3.63) is 65.2 Å². The number of esters is 1. The quantitative estimate of drug-likeness (QED) is 0.789. The molecule has 1 aliphatic heterocycles. The van der Waals surface area contributed by atoms with Crippen LogP contribution in [-0.2, 0) is 9.53 Å². The summed E-state index contributed by atoms with van der Waals surface area (Å²) in [6, 6.07) is 16.3. The van der Waals surface area contributed by atoms with E-state index in [1.54, 1.807) is 29.2 Å². The van der Waals surface area contributed by atoms with E-state index in [9.17, 15) is 9.59 Å². The molecule has 0 N–H and O–H groups in total. The fourth-order valence-electron chi connectivity index (χ4n) is 2.78. The summed E-state index contributed by atoms with van der Waals surface area (Å²) in [5.74, 6) is -0.660. The number of hydrogen-bond donors (Lipinski definition) is 0. The van der Waals surface area contributed by atoms with Crippen LogP contribution >= 0.6 is 11.6 Å². The van der Waals surface area contributed by atoms with Crippen LogP contribution in [0.1, 0.15) is 10.4 Å². The molecule has 130 valence electrons. The van der Waals surface area contributed by atoms with Crippen LogP contribution in [0.4, 0.5) is 5.69 Å². The zero-order valence-electron chi connectivity index (χ0n) is 13.7. The molecule has 1 fully saturated rings. The van der Waals surface area contributed by atoms with E-state index in [-0.39, 0.29) is 12.5 Å².